The van der Waals surface area contributed by atoms with Crippen molar-refractivity contribution in [3.8, 4) is 0 Å². The summed E-state index contributed by atoms with van der Waals surface area (Å²) in [6.07, 6.45) is 6.56. The summed E-state index contributed by atoms with van der Waals surface area (Å²) in [5.41, 5.74) is 1.70. The van der Waals surface area contributed by atoms with Crippen molar-refractivity contribution in [1.29, 1.82) is 0 Å². The SMILES string of the molecule is CCCCCNc1nc2ccc(C)cn2c(=O)c1C=C1SC(=S)N(C)C1=O. The number of hydrogen-bond donors (Lipinski definition) is 1. The third-order valence-corrected chi connectivity index (χ3v) is 5.83. The van der Waals surface area contributed by atoms with E-state index in [-0.39, 0.29) is 11.5 Å². The van der Waals surface area contributed by atoms with E-state index < -0.39 is 0 Å². The van der Waals surface area contributed by atoms with Crippen LogP contribution in [-0.2, 0) is 4.79 Å². The molecule has 0 saturated carbocycles. The van der Waals surface area contributed by atoms with Gasteiger partial charge in [-0.1, -0.05) is 49.8 Å². The van der Waals surface area contributed by atoms with Gasteiger partial charge in [-0.2, -0.15) is 0 Å². The zero-order valence-electron chi connectivity index (χ0n) is 15.6. The number of pyridine rings is 1. The first-order chi connectivity index (χ1) is 12.9. The van der Waals surface area contributed by atoms with E-state index >= 15 is 0 Å². The molecule has 0 unspecified atom stereocenters. The summed E-state index contributed by atoms with van der Waals surface area (Å²) in [7, 11) is 1.64. The Labute approximate surface area is 167 Å². The number of aromatic nitrogens is 2. The van der Waals surface area contributed by atoms with Crippen LogP contribution in [0.5, 0.6) is 0 Å². The Bertz CT molecular complexity index is 997. The molecule has 8 heteroatoms. The molecule has 1 aliphatic heterocycles. The van der Waals surface area contributed by atoms with Gasteiger partial charge in [0.25, 0.3) is 11.5 Å². The Morgan fingerprint density at radius 2 is 2.07 bits per heavy atom. The van der Waals surface area contributed by atoms with Crippen LogP contribution in [-0.4, -0.2) is 38.1 Å². The summed E-state index contributed by atoms with van der Waals surface area (Å²) >= 11 is 6.38. The molecule has 0 radical (unpaired) electrons. The number of aryl methyl sites for hydroxylation is 1. The van der Waals surface area contributed by atoms with Crippen LogP contribution in [0.25, 0.3) is 11.7 Å². The monoisotopic (exact) mass is 402 g/mol. The highest BCUT2D eigenvalue weighted by Crippen LogP contribution is 2.31. The predicted octanol–water partition coefficient (Wildman–Crippen LogP) is 3.44. The molecule has 1 N–H and O–H groups in total. The van der Waals surface area contributed by atoms with Crippen molar-refractivity contribution >= 4 is 51.7 Å². The minimum absolute atomic E-state index is 0.198. The number of nitrogens with zero attached hydrogens (tertiary/aromatic N) is 3. The van der Waals surface area contributed by atoms with E-state index in [0.717, 1.165) is 31.4 Å². The number of thioether (sulfide) groups is 1. The van der Waals surface area contributed by atoms with Crippen molar-refractivity contribution in [2.75, 3.05) is 18.9 Å². The summed E-state index contributed by atoms with van der Waals surface area (Å²) in [6, 6.07) is 3.74. The van der Waals surface area contributed by atoms with E-state index in [4.69, 9.17) is 12.2 Å². The van der Waals surface area contributed by atoms with E-state index in [1.807, 2.05) is 19.1 Å². The predicted molar refractivity (Wildman–Crippen MR) is 115 cm³/mol. The number of nitrogens with one attached hydrogen (secondary N) is 1. The van der Waals surface area contributed by atoms with Gasteiger partial charge in [0.05, 0.1) is 10.5 Å². The molecular weight excluding hydrogens is 380 g/mol. The smallest absolute Gasteiger partial charge is 0.267 e. The number of amides is 1. The molecule has 6 nitrogen and oxygen atoms in total. The Morgan fingerprint density at radius 1 is 1.30 bits per heavy atom. The fourth-order valence-electron chi connectivity index (χ4n) is 2.78. The zero-order valence-corrected chi connectivity index (χ0v) is 17.2. The van der Waals surface area contributed by atoms with Crippen LogP contribution in [0.1, 0.15) is 37.3 Å². The fourth-order valence-corrected chi connectivity index (χ4v) is 3.94. The first-order valence-corrected chi connectivity index (χ1v) is 10.1. The topological polar surface area (TPSA) is 66.7 Å². The Balaban J connectivity index is 2.10. The second-order valence-electron chi connectivity index (χ2n) is 6.49. The molecule has 0 aliphatic carbocycles. The largest absolute Gasteiger partial charge is 0.369 e. The number of unbranched alkanes of at least 4 members (excludes halogenated alkanes) is 2. The van der Waals surface area contributed by atoms with Crippen LogP contribution < -0.4 is 10.9 Å². The summed E-state index contributed by atoms with van der Waals surface area (Å²) in [4.78, 5) is 31.9. The second kappa shape index (κ2) is 8.22. The summed E-state index contributed by atoms with van der Waals surface area (Å²) < 4.78 is 2.00. The maximum Gasteiger partial charge on any atom is 0.267 e. The minimum Gasteiger partial charge on any atom is -0.369 e. The van der Waals surface area contributed by atoms with Crippen LogP contribution in [0.15, 0.2) is 28.0 Å². The standard InChI is InChI=1S/C19H22N4O2S2/c1-4-5-6-9-20-16-13(10-14-18(25)22(3)19(26)27-14)17(24)23-11-12(2)7-8-15(23)21-16/h7-8,10-11,20H,4-6,9H2,1-3H3. The van der Waals surface area contributed by atoms with Crippen LogP contribution in [0.4, 0.5) is 5.82 Å². The van der Waals surface area contributed by atoms with Crippen LogP contribution in [0.3, 0.4) is 0 Å². The van der Waals surface area contributed by atoms with Gasteiger partial charge in [-0.15, -0.1) is 0 Å². The number of thiocarbonyl (C=S) groups is 1. The number of likely N-dealkylation sites (N-methyl/N-ethyl adjacent to an activating group) is 1. The molecule has 1 saturated heterocycles. The van der Waals surface area contributed by atoms with Gasteiger partial charge in [0.15, 0.2) is 0 Å². The van der Waals surface area contributed by atoms with Gasteiger partial charge < -0.3 is 5.32 Å². The van der Waals surface area contributed by atoms with Gasteiger partial charge in [-0.25, -0.2) is 4.98 Å². The van der Waals surface area contributed by atoms with Crippen molar-refractivity contribution in [3.63, 3.8) is 0 Å². The van der Waals surface area contributed by atoms with Gasteiger partial charge in [0.2, 0.25) is 0 Å². The van der Waals surface area contributed by atoms with Crippen molar-refractivity contribution in [2.45, 2.75) is 33.1 Å². The van der Waals surface area contributed by atoms with E-state index in [1.54, 1.807) is 19.3 Å². The normalized spacial score (nSPS) is 16.0. The Hall–Kier alpha value is -2.19. The lowest BCUT2D eigenvalue weighted by Gasteiger charge is -2.11. The molecule has 0 atom stereocenters. The highest BCUT2D eigenvalue weighted by Gasteiger charge is 2.29. The van der Waals surface area contributed by atoms with E-state index in [9.17, 15) is 9.59 Å². The maximum atomic E-state index is 13.1. The van der Waals surface area contributed by atoms with Gasteiger partial charge in [-0.05, 0) is 31.1 Å². The Morgan fingerprint density at radius 3 is 2.74 bits per heavy atom. The summed E-state index contributed by atoms with van der Waals surface area (Å²) in [5, 5.41) is 3.27. The number of hydrogen-bond acceptors (Lipinski definition) is 6. The first kappa shape index (κ1) is 19.6. The van der Waals surface area contributed by atoms with Crippen molar-refractivity contribution in [3.05, 3.63) is 44.7 Å². The van der Waals surface area contributed by atoms with E-state index in [1.165, 1.54) is 21.1 Å². The average Bonchev–Trinajstić information content (AvgIpc) is 2.89. The van der Waals surface area contributed by atoms with Gasteiger partial charge in [0.1, 0.15) is 15.8 Å². The molecule has 142 valence electrons. The third kappa shape index (κ3) is 4.06. The van der Waals surface area contributed by atoms with Crippen LogP contribution in [0.2, 0.25) is 0 Å². The number of fused-ring (bicyclic) bond motifs is 1. The molecule has 1 fully saturated rings. The molecule has 0 spiro atoms. The molecule has 0 bridgehead atoms. The van der Waals surface area contributed by atoms with E-state index in [0.29, 0.717) is 26.3 Å². The number of rotatable bonds is 6. The number of anilines is 1. The fraction of sp³-hybridized carbons (Fsp3) is 0.368. The van der Waals surface area contributed by atoms with Gasteiger partial charge >= 0.3 is 0 Å². The summed E-state index contributed by atoms with van der Waals surface area (Å²) in [5.74, 6) is 0.303. The third-order valence-electron chi connectivity index (χ3n) is 4.34. The molecule has 2 aromatic rings. The maximum absolute atomic E-state index is 13.1. The van der Waals surface area contributed by atoms with E-state index in [2.05, 4.69) is 17.2 Å². The zero-order chi connectivity index (χ0) is 19.6. The highest BCUT2D eigenvalue weighted by atomic mass is 32.2. The quantitative estimate of drug-likeness (QED) is 0.454. The van der Waals surface area contributed by atoms with Crippen LogP contribution in [0, 0.1) is 6.92 Å². The number of carbonyl (C=O) groups is 1. The molecular formula is C19H22N4O2S2. The highest BCUT2D eigenvalue weighted by molar-refractivity contribution is 8.26. The Kier molecular flexibility index (Phi) is 5.96. The lowest BCUT2D eigenvalue weighted by Crippen LogP contribution is -2.23. The first-order valence-electron chi connectivity index (χ1n) is 8.91. The molecule has 1 amide bonds. The molecule has 0 aromatic carbocycles. The summed E-state index contributed by atoms with van der Waals surface area (Å²) in [6.45, 7) is 4.78. The molecule has 2 aromatic heterocycles. The molecule has 3 heterocycles. The van der Waals surface area contributed by atoms with Crippen molar-refractivity contribution in [2.24, 2.45) is 0 Å². The number of carbonyl (C=O) groups excluding carboxylic acids is 1. The lowest BCUT2D eigenvalue weighted by molar-refractivity contribution is -0.121. The molecule has 1 aliphatic rings. The average molecular weight is 403 g/mol. The van der Waals surface area contributed by atoms with Crippen LogP contribution >= 0.6 is 24.0 Å². The van der Waals surface area contributed by atoms with Crippen molar-refractivity contribution < 1.29 is 4.79 Å². The second-order valence-corrected chi connectivity index (χ2v) is 8.16. The molecule has 27 heavy (non-hydrogen) atoms. The van der Waals surface area contributed by atoms with Gasteiger partial charge in [0, 0.05) is 19.8 Å². The minimum atomic E-state index is -0.205. The van der Waals surface area contributed by atoms with Crippen molar-refractivity contribution in [1.82, 2.24) is 14.3 Å². The molecule has 3 rings (SSSR count). The van der Waals surface area contributed by atoms with Gasteiger partial charge in [-0.3, -0.25) is 18.9 Å². The lowest BCUT2D eigenvalue weighted by atomic mass is 10.2.